The van der Waals surface area contributed by atoms with Crippen LogP contribution in [0.3, 0.4) is 0 Å². The van der Waals surface area contributed by atoms with Crippen molar-refractivity contribution in [3.63, 3.8) is 0 Å². The summed E-state index contributed by atoms with van der Waals surface area (Å²) in [7, 11) is 0. The molecule has 4 bridgehead atoms. The van der Waals surface area contributed by atoms with Crippen LogP contribution >= 0.6 is 0 Å². The summed E-state index contributed by atoms with van der Waals surface area (Å²) in [5, 5.41) is 16.7. The van der Waals surface area contributed by atoms with Crippen molar-refractivity contribution < 1.29 is 0 Å². The Kier molecular flexibility index (Phi) is 4.43. The molecule has 1 aromatic carbocycles. The number of aromatic nitrogens is 2. The van der Waals surface area contributed by atoms with Crippen LogP contribution in [-0.2, 0) is 6.42 Å². The van der Waals surface area contributed by atoms with Crippen LogP contribution in [0.1, 0.15) is 61.3 Å². The van der Waals surface area contributed by atoms with Crippen LogP contribution < -0.4 is 16.4 Å². The van der Waals surface area contributed by atoms with E-state index in [1.54, 1.807) is 6.20 Å². The van der Waals surface area contributed by atoms with Crippen LogP contribution in [0.2, 0.25) is 0 Å². The van der Waals surface area contributed by atoms with E-state index < -0.39 is 0 Å². The summed E-state index contributed by atoms with van der Waals surface area (Å²) < 4.78 is 0. The standard InChI is InChI=1S/C25H30N6/c26-12-19-13-28-24(30-21-6-5-16-3-1-2-4-20(16)21)31-23(19)29-14-25-9-15-7-17(10-25)22(27)18(8-15)11-25/h1-4,13,15,17-18,21-22H,5-11,14,27H2,(H2,28,29,30,31)/t15?,17-,18+,21?,22?,25?. The van der Waals surface area contributed by atoms with Gasteiger partial charge in [0.05, 0.1) is 12.2 Å². The average molecular weight is 415 g/mol. The van der Waals surface area contributed by atoms with Crippen LogP contribution in [0.5, 0.6) is 0 Å². The van der Waals surface area contributed by atoms with Crippen molar-refractivity contribution in [3.05, 3.63) is 47.2 Å². The topological polar surface area (TPSA) is 99.6 Å². The Morgan fingerprint density at radius 1 is 1.16 bits per heavy atom. The van der Waals surface area contributed by atoms with Gasteiger partial charge >= 0.3 is 0 Å². The van der Waals surface area contributed by atoms with Crippen molar-refractivity contribution in [2.45, 2.75) is 57.0 Å². The van der Waals surface area contributed by atoms with E-state index in [2.05, 4.69) is 46.0 Å². The number of rotatable bonds is 5. The van der Waals surface area contributed by atoms with E-state index in [9.17, 15) is 5.26 Å². The average Bonchev–Trinajstić information content (AvgIpc) is 3.18. The quantitative estimate of drug-likeness (QED) is 0.683. The van der Waals surface area contributed by atoms with Crippen LogP contribution in [0, 0.1) is 34.5 Å². The van der Waals surface area contributed by atoms with Gasteiger partial charge in [0.25, 0.3) is 0 Å². The predicted molar refractivity (Wildman–Crippen MR) is 120 cm³/mol. The van der Waals surface area contributed by atoms with Gasteiger partial charge in [-0.3, -0.25) is 0 Å². The Labute approximate surface area is 183 Å². The molecule has 0 aliphatic heterocycles. The lowest BCUT2D eigenvalue weighted by molar-refractivity contribution is -0.0591. The second kappa shape index (κ2) is 7.20. The maximum absolute atomic E-state index is 9.61. The highest BCUT2D eigenvalue weighted by atomic mass is 15.2. The highest BCUT2D eigenvalue weighted by molar-refractivity contribution is 5.54. The van der Waals surface area contributed by atoms with Gasteiger partial charge in [-0.05, 0) is 79.2 Å². The zero-order valence-corrected chi connectivity index (χ0v) is 17.8. The molecule has 1 heterocycles. The van der Waals surface area contributed by atoms with Crippen molar-refractivity contribution in [2.75, 3.05) is 17.2 Å². The number of fused-ring (bicyclic) bond motifs is 1. The number of aryl methyl sites for hydroxylation is 1. The molecule has 4 saturated carbocycles. The van der Waals surface area contributed by atoms with Crippen LogP contribution in [-0.4, -0.2) is 22.6 Å². The molecule has 1 aromatic heterocycles. The number of hydrogen-bond acceptors (Lipinski definition) is 6. The maximum atomic E-state index is 9.61. The first-order valence-electron chi connectivity index (χ1n) is 11.7. The minimum absolute atomic E-state index is 0.224. The Balaban J connectivity index is 1.20. The van der Waals surface area contributed by atoms with Gasteiger partial charge in [0.2, 0.25) is 5.95 Å². The highest BCUT2D eigenvalue weighted by Gasteiger charge is 2.54. The molecule has 0 amide bonds. The first-order valence-corrected chi connectivity index (χ1v) is 11.7. The van der Waals surface area contributed by atoms with Gasteiger partial charge in [-0.15, -0.1) is 0 Å². The van der Waals surface area contributed by atoms with Crippen molar-refractivity contribution in [1.82, 2.24) is 9.97 Å². The molecule has 31 heavy (non-hydrogen) atoms. The summed E-state index contributed by atoms with van der Waals surface area (Å²) >= 11 is 0. The van der Waals surface area contributed by atoms with Crippen molar-refractivity contribution in [3.8, 4) is 6.07 Å². The third kappa shape index (κ3) is 3.27. The molecule has 4 N–H and O–H groups in total. The first-order chi connectivity index (χ1) is 15.1. The molecule has 5 aliphatic carbocycles. The SMILES string of the molecule is N#Cc1cnc(NC2CCc3ccccc32)nc1NCC12CC3C[C@H](C1)C(N)[C@@H](C3)C2. The van der Waals surface area contributed by atoms with E-state index in [1.807, 2.05) is 0 Å². The number of benzene rings is 1. The second-order valence-electron chi connectivity index (χ2n) is 10.4. The van der Waals surface area contributed by atoms with Gasteiger partial charge in [0.1, 0.15) is 17.5 Å². The first kappa shape index (κ1) is 19.1. The lowest BCUT2D eigenvalue weighted by Gasteiger charge is -2.59. The van der Waals surface area contributed by atoms with E-state index in [1.165, 1.54) is 43.2 Å². The summed E-state index contributed by atoms with van der Waals surface area (Å²) in [6, 6.07) is 11.4. The minimum atomic E-state index is 0.224. The van der Waals surface area contributed by atoms with E-state index in [0.29, 0.717) is 40.6 Å². The van der Waals surface area contributed by atoms with Gasteiger partial charge in [0, 0.05) is 12.6 Å². The van der Waals surface area contributed by atoms with Crippen LogP contribution in [0.25, 0.3) is 0 Å². The number of nitriles is 1. The maximum Gasteiger partial charge on any atom is 0.225 e. The van der Waals surface area contributed by atoms with E-state index in [-0.39, 0.29) is 6.04 Å². The monoisotopic (exact) mass is 414 g/mol. The van der Waals surface area contributed by atoms with Crippen LogP contribution in [0.15, 0.2) is 30.5 Å². The fourth-order valence-corrected chi connectivity index (χ4v) is 7.25. The Bertz CT molecular complexity index is 1030. The molecule has 6 atom stereocenters. The predicted octanol–water partition coefficient (Wildman–Crippen LogP) is 4.01. The number of anilines is 2. The molecule has 4 unspecified atom stereocenters. The smallest absolute Gasteiger partial charge is 0.225 e. The minimum Gasteiger partial charge on any atom is -0.368 e. The van der Waals surface area contributed by atoms with Gasteiger partial charge in [-0.25, -0.2) is 4.98 Å². The third-order valence-electron chi connectivity index (χ3n) is 8.45. The molecule has 4 fully saturated rings. The summed E-state index contributed by atoms with van der Waals surface area (Å²) in [6.45, 7) is 0.876. The summed E-state index contributed by atoms with van der Waals surface area (Å²) in [4.78, 5) is 9.16. The number of nitrogens with one attached hydrogen (secondary N) is 2. The molecule has 5 aliphatic rings. The summed E-state index contributed by atoms with van der Waals surface area (Å²) in [5.41, 5.74) is 10.1. The molecule has 6 heteroatoms. The van der Waals surface area contributed by atoms with E-state index in [0.717, 1.165) is 25.3 Å². The molecular weight excluding hydrogens is 384 g/mol. The second-order valence-corrected chi connectivity index (χ2v) is 10.4. The Morgan fingerprint density at radius 2 is 1.97 bits per heavy atom. The molecule has 160 valence electrons. The number of nitrogens with zero attached hydrogens (tertiary/aromatic N) is 3. The zero-order chi connectivity index (χ0) is 21.0. The fraction of sp³-hybridized carbons (Fsp3) is 0.560. The molecule has 2 aromatic rings. The lowest BCUT2D eigenvalue weighted by atomic mass is 9.48. The molecule has 0 spiro atoms. The lowest BCUT2D eigenvalue weighted by Crippen LogP contribution is -2.58. The largest absolute Gasteiger partial charge is 0.368 e. The molecule has 0 radical (unpaired) electrons. The van der Waals surface area contributed by atoms with E-state index in [4.69, 9.17) is 10.7 Å². The number of nitrogens with two attached hydrogens (primary N) is 1. The molecule has 0 saturated heterocycles. The van der Waals surface area contributed by atoms with Gasteiger partial charge in [0.15, 0.2) is 0 Å². The molecule has 6 nitrogen and oxygen atoms in total. The normalized spacial score (nSPS) is 34.9. The van der Waals surface area contributed by atoms with Crippen molar-refractivity contribution in [2.24, 2.45) is 28.9 Å². The van der Waals surface area contributed by atoms with Gasteiger partial charge < -0.3 is 16.4 Å². The molecule has 7 rings (SSSR count). The third-order valence-corrected chi connectivity index (χ3v) is 8.45. The van der Waals surface area contributed by atoms with Crippen LogP contribution in [0.4, 0.5) is 11.8 Å². The molecular formula is C25H30N6. The van der Waals surface area contributed by atoms with Gasteiger partial charge in [-0.2, -0.15) is 10.2 Å². The zero-order valence-electron chi connectivity index (χ0n) is 17.8. The number of hydrogen-bond donors (Lipinski definition) is 3. The van der Waals surface area contributed by atoms with Crippen molar-refractivity contribution >= 4 is 11.8 Å². The summed E-state index contributed by atoms with van der Waals surface area (Å²) in [5.74, 6) is 3.43. The summed E-state index contributed by atoms with van der Waals surface area (Å²) in [6.07, 6.45) is 10.1. The Hall–Kier alpha value is -2.65. The highest BCUT2D eigenvalue weighted by Crippen LogP contribution is 2.59. The van der Waals surface area contributed by atoms with E-state index >= 15 is 0 Å². The van der Waals surface area contributed by atoms with Crippen molar-refractivity contribution in [1.29, 1.82) is 5.26 Å². The Morgan fingerprint density at radius 3 is 2.77 bits per heavy atom. The fourth-order valence-electron chi connectivity index (χ4n) is 7.25. The van der Waals surface area contributed by atoms with Gasteiger partial charge in [-0.1, -0.05) is 24.3 Å².